The molecule has 0 bridgehead atoms. The zero-order valence-electron chi connectivity index (χ0n) is 11.6. The quantitative estimate of drug-likeness (QED) is 0.175. The summed E-state index contributed by atoms with van der Waals surface area (Å²) in [5, 5.41) is 11.3. The highest BCUT2D eigenvalue weighted by atomic mass is 127. The van der Waals surface area contributed by atoms with Crippen molar-refractivity contribution in [2.75, 3.05) is 6.61 Å². The first kappa shape index (κ1) is 16.5. The summed E-state index contributed by atoms with van der Waals surface area (Å²) in [6.07, 6.45) is 1.53. The van der Waals surface area contributed by atoms with Crippen molar-refractivity contribution in [1.29, 1.82) is 0 Å². The fraction of sp³-hybridized carbons (Fsp3) is 0.385. The van der Waals surface area contributed by atoms with Gasteiger partial charge in [0.25, 0.3) is 11.6 Å². The summed E-state index contributed by atoms with van der Waals surface area (Å²) >= 11 is 1.78. The Morgan fingerprint density at radius 1 is 1.45 bits per heavy atom. The van der Waals surface area contributed by atoms with Crippen molar-refractivity contribution < 1.29 is 19.2 Å². The number of fused-ring (bicyclic) bond motifs is 1. The smallest absolute Gasteiger partial charge is 0.340 e. The third-order valence-electron chi connectivity index (χ3n) is 2.94. The van der Waals surface area contributed by atoms with E-state index in [0.29, 0.717) is 9.99 Å². The van der Waals surface area contributed by atoms with E-state index in [1.54, 1.807) is 22.6 Å². The van der Waals surface area contributed by atoms with Gasteiger partial charge in [0, 0.05) is 6.07 Å². The molecule has 2 rings (SSSR count). The molecule has 0 saturated heterocycles. The molecular formula is C13H12IN3O5. The van der Waals surface area contributed by atoms with Gasteiger partial charge >= 0.3 is 5.97 Å². The van der Waals surface area contributed by atoms with Crippen LogP contribution in [0.3, 0.4) is 0 Å². The van der Waals surface area contributed by atoms with E-state index in [2.05, 4.69) is 9.98 Å². The van der Waals surface area contributed by atoms with E-state index in [0.717, 1.165) is 6.42 Å². The molecule has 116 valence electrons. The first-order valence-electron chi connectivity index (χ1n) is 6.55. The van der Waals surface area contributed by atoms with Gasteiger partial charge in [0.15, 0.2) is 0 Å². The van der Waals surface area contributed by atoms with E-state index in [1.165, 1.54) is 12.1 Å². The Bertz CT molecular complexity index is 762. The summed E-state index contributed by atoms with van der Waals surface area (Å²) in [5.41, 5.74) is -0.147. The first-order chi connectivity index (χ1) is 10.4. The summed E-state index contributed by atoms with van der Waals surface area (Å²) in [7, 11) is 0. The van der Waals surface area contributed by atoms with Crippen molar-refractivity contribution in [3.63, 3.8) is 0 Å². The Hall–Kier alpha value is -1.91. The van der Waals surface area contributed by atoms with Crippen LogP contribution < -0.4 is 10.7 Å². The zero-order valence-corrected chi connectivity index (χ0v) is 13.8. The standard InChI is InChI=1S/C13H12IN3O5/c1-2-3-4-22-13(19)11-12(18)16-8-5-7(14)10(17(20)21)6-9(8)15-11/h5-6,11H,2-4H2,1H3. The minimum Gasteiger partial charge on any atom is -0.464 e. The Balaban J connectivity index is 2.38. The Kier molecular flexibility index (Phi) is 5.16. The van der Waals surface area contributed by atoms with Crippen molar-refractivity contribution >= 4 is 40.2 Å². The number of amides is 1. The van der Waals surface area contributed by atoms with E-state index >= 15 is 0 Å². The maximum Gasteiger partial charge on any atom is 0.340 e. The van der Waals surface area contributed by atoms with Crippen molar-refractivity contribution in [3.8, 4) is 0 Å². The topological polar surface area (TPSA) is 111 Å². The van der Waals surface area contributed by atoms with Gasteiger partial charge in [0.2, 0.25) is 6.04 Å². The SMILES string of the molecule is CCCCOC(=O)C1N=c2cc([N+](=O)[O-])c(I)cc2=NC1=O. The number of hydrogen-bond acceptors (Lipinski definition) is 6. The number of benzene rings is 1. The van der Waals surface area contributed by atoms with Gasteiger partial charge in [-0.15, -0.1) is 0 Å². The van der Waals surface area contributed by atoms with Gasteiger partial charge in [-0.3, -0.25) is 19.9 Å². The molecular weight excluding hydrogens is 405 g/mol. The monoisotopic (exact) mass is 417 g/mol. The molecule has 22 heavy (non-hydrogen) atoms. The second-order valence-corrected chi connectivity index (χ2v) is 5.71. The second kappa shape index (κ2) is 6.90. The number of nitro benzene ring substituents is 1. The van der Waals surface area contributed by atoms with Crippen molar-refractivity contribution in [2.45, 2.75) is 25.8 Å². The lowest BCUT2D eigenvalue weighted by Gasteiger charge is -2.11. The average Bonchev–Trinajstić information content (AvgIpc) is 2.45. The number of carbonyl (C=O) groups excluding carboxylic acids is 2. The van der Waals surface area contributed by atoms with Crippen LogP contribution in [0.1, 0.15) is 19.8 Å². The molecule has 1 aliphatic heterocycles. The van der Waals surface area contributed by atoms with E-state index in [1.807, 2.05) is 6.92 Å². The number of ether oxygens (including phenoxy) is 1. The van der Waals surface area contributed by atoms with Crippen LogP contribution in [0.25, 0.3) is 0 Å². The Labute approximate surface area is 138 Å². The van der Waals surface area contributed by atoms with Gasteiger partial charge in [-0.05, 0) is 35.1 Å². The molecule has 1 aliphatic rings. The van der Waals surface area contributed by atoms with E-state index < -0.39 is 22.8 Å². The molecule has 1 aromatic carbocycles. The van der Waals surface area contributed by atoms with E-state index in [-0.39, 0.29) is 23.0 Å². The van der Waals surface area contributed by atoms with Crippen molar-refractivity contribution in [1.82, 2.24) is 0 Å². The molecule has 1 atom stereocenters. The summed E-state index contributed by atoms with van der Waals surface area (Å²) in [6.45, 7) is 2.14. The molecule has 8 nitrogen and oxygen atoms in total. The van der Waals surface area contributed by atoms with Gasteiger partial charge < -0.3 is 4.74 Å². The van der Waals surface area contributed by atoms with Crippen LogP contribution >= 0.6 is 22.6 Å². The lowest BCUT2D eigenvalue weighted by atomic mass is 10.2. The largest absolute Gasteiger partial charge is 0.464 e. The summed E-state index contributed by atoms with van der Waals surface area (Å²) < 4.78 is 5.30. The summed E-state index contributed by atoms with van der Waals surface area (Å²) in [6, 6.07) is 1.22. The van der Waals surface area contributed by atoms with E-state index in [4.69, 9.17) is 4.74 Å². The molecule has 0 radical (unpaired) electrons. The molecule has 1 heterocycles. The third kappa shape index (κ3) is 3.46. The minimum absolute atomic E-state index is 0.143. The maximum absolute atomic E-state index is 11.9. The lowest BCUT2D eigenvalue weighted by Crippen LogP contribution is -2.41. The highest BCUT2D eigenvalue weighted by Crippen LogP contribution is 2.16. The number of halogens is 1. The molecule has 1 amide bonds. The van der Waals surface area contributed by atoms with Gasteiger partial charge in [0.05, 0.1) is 25.8 Å². The van der Waals surface area contributed by atoms with Crippen molar-refractivity contribution in [2.24, 2.45) is 9.98 Å². The molecule has 1 aromatic rings. The lowest BCUT2D eigenvalue weighted by molar-refractivity contribution is -0.385. The summed E-state index contributed by atoms with van der Waals surface area (Å²) in [4.78, 5) is 41.8. The van der Waals surface area contributed by atoms with Gasteiger partial charge in [0.1, 0.15) is 0 Å². The minimum atomic E-state index is -1.39. The molecule has 0 aliphatic carbocycles. The van der Waals surface area contributed by atoms with Crippen LogP contribution in [-0.2, 0) is 14.3 Å². The van der Waals surface area contributed by atoms with Gasteiger partial charge in [-0.25, -0.2) is 9.79 Å². The number of nitrogens with zero attached hydrogens (tertiary/aromatic N) is 3. The third-order valence-corrected chi connectivity index (χ3v) is 3.80. The van der Waals surface area contributed by atoms with Gasteiger partial charge in [-0.2, -0.15) is 0 Å². The second-order valence-electron chi connectivity index (χ2n) is 4.55. The van der Waals surface area contributed by atoms with Crippen LogP contribution in [-0.4, -0.2) is 29.4 Å². The molecule has 0 aromatic heterocycles. The number of unbranched alkanes of at least 4 members (excludes halogenated alkanes) is 1. The van der Waals surface area contributed by atoms with Crippen LogP contribution in [0.2, 0.25) is 0 Å². The Morgan fingerprint density at radius 2 is 2.18 bits per heavy atom. The van der Waals surface area contributed by atoms with Crippen LogP contribution in [0.4, 0.5) is 5.69 Å². The summed E-state index contributed by atoms with van der Waals surface area (Å²) in [5.74, 6) is -1.51. The molecule has 0 N–H and O–H groups in total. The predicted molar refractivity (Wildman–Crippen MR) is 82.8 cm³/mol. The zero-order chi connectivity index (χ0) is 16.3. The fourth-order valence-electron chi connectivity index (χ4n) is 1.80. The molecule has 9 heteroatoms. The van der Waals surface area contributed by atoms with E-state index in [9.17, 15) is 19.7 Å². The molecule has 0 saturated carbocycles. The first-order valence-corrected chi connectivity index (χ1v) is 7.63. The highest BCUT2D eigenvalue weighted by molar-refractivity contribution is 14.1. The number of nitro groups is 1. The van der Waals surface area contributed by atoms with Crippen LogP contribution in [0.15, 0.2) is 22.1 Å². The molecule has 0 fully saturated rings. The maximum atomic E-state index is 11.9. The predicted octanol–water partition coefficient (Wildman–Crippen LogP) is 0.691. The van der Waals surface area contributed by atoms with Crippen LogP contribution in [0.5, 0.6) is 0 Å². The Morgan fingerprint density at radius 3 is 2.82 bits per heavy atom. The van der Waals surface area contributed by atoms with Crippen molar-refractivity contribution in [3.05, 3.63) is 36.5 Å². The molecule has 0 spiro atoms. The average molecular weight is 417 g/mol. The number of carbonyl (C=O) groups is 2. The normalized spacial score (nSPS) is 16.3. The fourth-order valence-corrected chi connectivity index (χ4v) is 2.44. The highest BCUT2D eigenvalue weighted by Gasteiger charge is 2.30. The van der Waals surface area contributed by atoms with Crippen LogP contribution in [0, 0.1) is 13.7 Å². The number of esters is 1. The molecule has 1 unspecified atom stereocenters. The number of hydrogen-bond donors (Lipinski definition) is 0. The van der Waals surface area contributed by atoms with Gasteiger partial charge in [-0.1, -0.05) is 13.3 Å². The number of rotatable bonds is 5.